The fourth-order valence-electron chi connectivity index (χ4n) is 4.02. The molecule has 0 saturated carbocycles. The maximum absolute atomic E-state index is 9.80. The first-order chi connectivity index (χ1) is 14.2. The summed E-state index contributed by atoms with van der Waals surface area (Å²) in [7, 11) is 0. The molecule has 1 heterocycles. The lowest BCUT2D eigenvalue weighted by Crippen LogP contribution is -2.36. The topological polar surface area (TPSA) is 49.7 Å². The zero-order chi connectivity index (χ0) is 22.1. The van der Waals surface area contributed by atoms with Crippen LogP contribution in [0.2, 0.25) is 0 Å². The van der Waals surface area contributed by atoms with Gasteiger partial charge in [-0.25, -0.2) is 0 Å². The molecular weight excluding hydrogens is 372 g/mol. The van der Waals surface area contributed by atoms with Crippen LogP contribution in [-0.2, 0) is 6.42 Å². The highest BCUT2D eigenvalue weighted by Crippen LogP contribution is 2.39. The second-order valence-electron chi connectivity index (χ2n) is 9.23. The van der Waals surface area contributed by atoms with Gasteiger partial charge >= 0.3 is 0 Å². The zero-order valence-electron chi connectivity index (χ0n) is 19.6. The Bertz CT molecular complexity index is 801. The van der Waals surface area contributed by atoms with Crippen LogP contribution in [-0.4, -0.2) is 22.4 Å². The lowest BCUT2D eigenvalue weighted by molar-refractivity contribution is 0.0561. The van der Waals surface area contributed by atoms with Gasteiger partial charge in [0, 0.05) is 0 Å². The van der Waals surface area contributed by atoms with E-state index in [4.69, 9.17) is 9.84 Å². The number of hydrogen-bond acceptors (Lipinski definition) is 3. The predicted octanol–water partition coefficient (Wildman–Crippen LogP) is 6.96. The summed E-state index contributed by atoms with van der Waals surface area (Å²) in [5.41, 5.74) is 5.92. The van der Waals surface area contributed by atoms with Gasteiger partial charge in [-0.2, -0.15) is 0 Å². The lowest BCUT2D eigenvalue weighted by atomic mass is 9.87. The number of rotatable bonds is 10. The number of aliphatic hydroxyl groups excluding tert-OH is 1. The minimum absolute atomic E-state index is 0.137. The van der Waals surface area contributed by atoms with Gasteiger partial charge in [0.1, 0.15) is 17.1 Å². The van der Waals surface area contributed by atoms with Gasteiger partial charge in [-0.3, -0.25) is 0 Å². The van der Waals surface area contributed by atoms with Crippen LogP contribution < -0.4 is 4.74 Å². The first-order valence-corrected chi connectivity index (χ1v) is 11.3. The van der Waals surface area contributed by atoms with Crippen LogP contribution in [0.15, 0.2) is 47.1 Å². The number of aromatic hydroxyl groups is 1. The third kappa shape index (κ3) is 7.68. The second-order valence-corrected chi connectivity index (χ2v) is 9.23. The van der Waals surface area contributed by atoms with Crippen LogP contribution in [0.5, 0.6) is 11.5 Å². The first-order valence-electron chi connectivity index (χ1n) is 11.3. The quantitative estimate of drug-likeness (QED) is 0.409. The van der Waals surface area contributed by atoms with Crippen molar-refractivity contribution in [3.8, 4) is 11.5 Å². The molecule has 0 aromatic heterocycles. The number of phenols is 1. The summed E-state index contributed by atoms with van der Waals surface area (Å²) in [6, 6.07) is 3.62. The van der Waals surface area contributed by atoms with Crippen molar-refractivity contribution in [3.05, 3.63) is 58.2 Å². The Morgan fingerprint density at radius 2 is 1.60 bits per heavy atom. The van der Waals surface area contributed by atoms with E-state index in [9.17, 15) is 5.11 Å². The molecule has 3 nitrogen and oxygen atoms in total. The van der Waals surface area contributed by atoms with Crippen LogP contribution in [0.1, 0.15) is 83.8 Å². The van der Waals surface area contributed by atoms with Gasteiger partial charge in [-0.05, 0) is 109 Å². The Morgan fingerprint density at radius 1 is 1.00 bits per heavy atom. The Hall–Kier alpha value is -2.00. The molecule has 166 valence electrons. The minimum Gasteiger partial charge on any atom is -0.508 e. The molecule has 1 aromatic carbocycles. The van der Waals surface area contributed by atoms with E-state index in [0.717, 1.165) is 73.8 Å². The van der Waals surface area contributed by atoms with Crippen molar-refractivity contribution in [3.63, 3.8) is 0 Å². The number of benzene rings is 1. The first kappa shape index (κ1) is 24.3. The van der Waals surface area contributed by atoms with Gasteiger partial charge in [0.05, 0.1) is 6.61 Å². The standard InChI is InChI=1S/C27H40O3/c1-20(11-7-12-22(3)19-28)9-6-10-21(2)13-8-15-27(5)16-14-24-18-25(29)17-23(4)26(24)30-27/h9,12-13,17-18,28-29H,6-8,10-11,14-16,19H2,1-5H3. The van der Waals surface area contributed by atoms with Crippen molar-refractivity contribution in [2.24, 2.45) is 0 Å². The van der Waals surface area contributed by atoms with Crippen molar-refractivity contribution >= 4 is 0 Å². The van der Waals surface area contributed by atoms with E-state index in [-0.39, 0.29) is 12.2 Å². The molecule has 1 unspecified atom stereocenters. The number of ether oxygens (including phenoxy) is 1. The molecule has 30 heavy (non-hydrogen) atoms. The zero-order valence-corrected chi connectivity index (χ0v) is 19.6. The molecule has 0 bridgehead atoms. The molecule has 1 atom stereocenters. The average Bonchev–Trinajstić information content (AvgIpc) is 2.68. The predicted molar refractivity (Wildman–Crippen MR) is 126 cm³/mol. The summed E-state index contributed by atoms with van der Waals surface area (Å²) in [5.74, 6) is 1.30. The minimum atomic E-state index is -0.137. The summed E-state index contributed by atoms with van der Waals surface area (Å²) in [4.78, 5) is 0. The van der Waals surface area contributed by atoms with E-state index in [1.165, 1.54) is 11.1 Å². The van der Waals surface area contributed by atoms with Crippen molar-refractivity contribution in [2.45, 2.75) is 91.6 Å². The molecular formula is C27H40O3. The summed E-state index contributed by atoms with van der Waals surface area (Å²) < 4.78 is 6.39. The molecule has 1 aromatic rings. The monoisotopic (exact) mass is 412 g/mol. The van der Waals surface area contributed by atoms with E-state index < -0.39 is 0 Å². The van der Waals surface area contributed by atoms with Crippen molar-refractivity contribution in [1.29, 1.82) is 0 Å². The van der Waals surface area contributed by atoms with E-state index >= 15 is 0 Å². The maximum atomic E-state index is 9.80. The molecule has 0 aliphatic carbocycles. The van der Waals surface area contributed by atoms with E-state index in [2.05, 4.69) is 39.0 Å². The fraction of sp³-hybridized carbons (Fsp3) is 0.556. The molecule has 0 fully saturated rings. The number of phenolic OH excluding ortho intramolecular Hbond substituents is 1. The molecule has 0 amide bonds. The Balaban J connectivity index is 1.77. The molecule has 0 radical (unpaired) electrons. The summed E-state index contributed by atoms with van der Waals surface area (Å²) in [6.07, 6.45) is 15.1. The van der Waals surface area contributed by atoms with Crippen molar-refractivity contribution in [1.82, 2.24) is 0 Å². The summed E-state index contributed by atoms with van der Waals surface area (Å²) in [5, 5.41) is 18.8. The molecule has 3 heteroatoms. The fourth-order valence-corrected chi connectivity index (χ4v) is 4.02. The van der Waals surface area contributed by atoms with Crippen molar-refractivity contribution in [2.75, 3.05) is 6.61 Å². The molecule has 0 saturated heterocycles. The van der Waals surface area contributed by atoms with Crippen LogP contribution >= 0.6 is 0 Å². The molecule has 1 aliphatic heterocycles. The molecule has 2 rings (SSSR count). The Kier molecular flexibility index (Phi) is 9.23. The van der Waals surface area contributed by atoms with Gasteiger partial charge in [0.2, 0.25) is 0 Å². The van der Waals surface area contributed by atoms with Crippen LogP contribution in [0, 0.1) is 6.92 Å². The van der Waals surface area contributed by atoms with E-state index in [1.54, 1.807) is 6.07 Å². The van der Waals surface area contributed by atoms with Crippen LogP contribution in [0.4, 0.5) is 0 Å². The normalized spacial score (nSPS) is 20.1. The SMILES string of the molecule is CC(=CCCC(C)=CCCC(C)=CCCC1(C)CCc2cc(O)cc(C)c2O1)CO. The highest BCUT2D eigenvalue weighted by Gasteiger charge is 2.31. The van der Waals surface area contributed by atoms with Crippen LogP contribution in [0.25, 0.3) is 0 Å². The third-order valence-electron chi connectivity index (χ3n) is 6.09. The van der Waals surface area contributed by atoms with Crippen molar-refractivity contribution < 1.29 is 14.9 Å². The number of aliphatic hydroxyl groups is 1. The van der Waals surface area contributed by atoms with Gasteiger partial charge in [-0.15, -0.1) is 0 Å². The smallest absolute Gasteiger partial charge is 0.126 e. The Morgan fingerprint density at radius 3 is 2.23 bits per heavy atom. The Labute approximate surface area is 183 Å². The molecule has 0 spiro atoms. The van der Waals surface area contributed by atoms with Gasteiger partial charge in [0.25, 0.3) is 0 Å². The molecule has 2 N–H and O–H groups in total. The number of aryl methyl sites for hydroxylation is 2. The summed E-state index contributed by atoms with van der Waals surface area (Å²) >= 11 is 0. The number of hydrogen-bond donors (Lipinski definition) is 2. The lowest BCUT2D eigenvalue weighted by Gasteiger charge is -2.36. The average molecular weight is 413 g/mol. The van der Waals surface area contributed by atoms with E-state index in [0.29, 0.717) is 5.75 Å². The van der Waals surface area contributed by atoms with Gasteiger partial charge in [-0.1, -0.05) is 34.9 Å². The highest BCUT2D eigenvalue weighted by atomic mass is 16.5. The maximum Gasteiger partial charge on any atom is 0.126 e. The van der Waals surface area contributed by atoms with Gasteiger partial charge < -0.3 is 14.9 Å². The van der Waals surface area contributed by atoms with Gasteiger partial charge in [0.15, 0.2) is 0 Å². The largest absolute Gasteiger partial charge is 0.508 e. The third-order valence-corrected chi connectivity index (χ3v) is 6.09. The number of fused-ring (bicyclic) bond motifs is 1. The number of allylic oxidation sites excluding steroid dienone is 5. The molecule has 1 aliphatic rings. The highest BCUT2D eigenvalue weighted by molar-refractivity contribution is 5.47. The summed E-state index contributed by atoms with van der Waals surface area (Å²) in [6.45, 7) is 10.8. The second kappa shape index (κ2) is 11.4. The van der Waals surface area contributed by atoms with E-state index in [1.807, 2.05) is 19.9 Å². The van der Waals surface area contributed by atoms with Crippen LogP contribution in [0.3, 0.4) is 0 Å².